The van der Waals surface area contributed by atoms with Gasteiger partial charge in [-0.1, -0.05) is 0 Å². The molecule has 3 atom stereocenters. The summed E-state index contributed by atoms with van der Waals surface area (Å²) in [6, 6.07) is -0.826. The molecule has 0 aliphatic carbocycles. The van der Waals surface area contributed by atoms with E-state index >= 15 is 0 Å². The van der Waals surface area contributed by atoms with Crippen molar-refractivity contribution in [3.8, 4) is 0 Å². The molecule has 0 aromatic carbocycles. The summed E-state index contributed by atoms with van der Waals surface area (Å²) in [5, 5.41) is 0. The van der Waals surface area contributed by atoms with Crippen LogP contribution in [0.25, 0.3) is 0 Å². The van der Waals surface area contributed by atoms with E-state index < -0.39 is 35.8 Å². The van der Waals surface area contributed by atoms with Gasteiger partial charge in [-0.2, -0.15) is 0 Å². The van der Waals surface area contributed by atoms with Gasteiger partial charge in [0.25, 0.3) is 0 Å². The van der Waals surface area contributed by atoms with Crippen LogP contribution in [0.2, 0.25) is 0 Å². The number of rotatable bonds is 5. The Bertz CT molecular complexity index is 383. The number of hydrogen-bond donors (Lipinski definition) is 0. The number of ether oxygens (including phenoxy) is 3. The maximum atomic E-state index is 12.1. The lowest BCUT2D eigenvalue weighted by atomic mass is 9.90. The minimum absolute atomic E-state index is 0.183. The van der Waals surface area contributed by atoms with Crippen LogP contribution in [0.3, 0.4) is 0 Å². The van der Waals surface area contributed by atoms with Gasteiger partial charge in [-0.05, 0) is 20.9 Å². The first-order valence-corrected chi connectivity index (χ1v) is 6.59. The molecule has 0 aromatic heterocycles. The molecule has 114 valence electrons. The molecule has 1 fully saturated rings. The number of esters is 3. The van der Waals surface area contributed by atoms with Crippen LogP contribution >= 0.6 is 0 Å². The molecule has 20 heavy (non-hydrogen) atoms. The second-order valence-electron chi connectivity index (χ2n) is 4.54. The lowest BCUT2D eigenvalue weighted by Gasteiger charge is -2.22. The van der Waals surface area contributed by atoms with Gasteiger partial charge in [-0.25, -0.2) is 0 Å². The number of likely N-dealkylation sites (N-methyl/N-ethyl adjacent to an activating group) is 1. The molecule has 1 rings (SSSR count). The molecule has 7 heteroatoms. The first-order valence-electron chi connectivity index (χ1n) is 6.59. The number of carbonyl (C=O) groups is 3. The Labute approximate surface area is 118 Å². The molecular formula is C13H21NO6. The predicted molar refractivity (Wildman–Crippen MR) is 68.7 cm³/mol. The minimum atomic E-state index is -0.897. The van der Waals surface area contributed by atoms with Crippen molar-refractivity contribution < 1.29 is 28.6 Å². The van der Waals surface area contributed by atoms with E-state index in [9.17, 15) is 14.4 Å². The highest BCUT2D eigenvalue weighted by molar-refractivity contribution is 5.90. The van der Waals surface area contributed by atoms with E-state index in [4.69, 9.17) is 14.2 Å². The summed E-state index contributed by atoms with van der Waals surface area (Å²) >= 11 is 0. The highest BCUT2D eigenvalue weighted by Gasteiger charge is 2.52. The summed E-state index contributed by atoms with van der Waals surface area (Å²) in [6.07, 6.45) is 0. The van der Waals surface area contributed by atoms with E-state index in [1.165, 1.54) is 7.11 Å². The van der Waals surface area contributed by atoms with Crippen LogP contribution in [0.15, 0.2) is 0 Å². The van der Waals surface area contributed by atoms with Gasteiger partial charge in [0.15, 0.2) is 0 Å². The van der Waals surface area contributed by atoms with Gasteiger partial charge in [-0.15, -0.1) is 0 Å². The van der Waals surface area contributed by atoms with Crippen molar-refractivity contribution in [1.29, 1.82) is 0 Å². The van der Waals surface area contributed by atoms with Crippen molar-refractivity contribution in [2.45, 2.75) is 19.9 Å². The van der Waals surface area contributed by atoms with Gasteiger partial charge < -0.3 is 14.2 Å². The van der Waals surface area contributed by atoms with Crippen LogP contribution in [-0.4, -0.2) is 62.8 Å². The van der Waals surface area contributed by atoms with Crippen molar-refractivity contribution in [3.05, 3.63) is 0 Å². The van der Waals surface area contributed by atoms with Crippen LogP contribution in [0.4, 0.5) is 0 Å². The number of carbonyl (C=O) groups excluding carboxylic acids is 3. The minimum Gasteiger partial charge on any atom is -0.468 e. The maximum Gasteiger partial charge on any atom is 0.324 e. The summed E-state index contributed by atoms with van der Waals surface area (Å²) < 4.78 is 14.7. The van der Waals surface area contributed by atoms with E-state index in [0.29, 0.717) is 0 Å². The fourth-order valence-corrected chi connectivity index (χ4v) is 2.48. The maximum absolute atomic E-state index is 12.1. The Morgan fingerprint density at radius 2 is 1.60 bits per heavy atom. The zero-order valence-electron chi connectivity index (χ0n) is 12.3. The third kappa shape index (κ3) is 3.27. The third-order valence-corrected chi connectivity index (χ3v) is 3.32. The summed E-state index contributed by atoms with van der Waals surface area (Å²) in [6.45, 7) is 4.01. The van der Waals surface area contributed by atoms with Gasteiger partial charge in [0.05, 0.1) is 32.2 Å². The number of likely N-dealkylation sites (tertiary alicyclic amines) is 1. The highest BCUT2D eigenvalue weighted by Crippen LogP contribution is 2.31. The molecule has 0 N–H and O–H groups in total. The summed E-state index contributed by atoms with van der Waals surface area (Å²) in [5.41, 5.74) is 0. The van der Waals surface area contributed by atoms with E-state index in [2.05, 4.69) is 0 Å². The molecule has 0 radical (unpaired) electrons. The Hall–Kier alpha value is -1.63. The van der Waals surface area contributed by atoms with Gasteiger partial charge in [-0.3, -0.25) is 19.3 Å². The molecule has 0 amide bonds. The Morgan fingerprint density at radius 3 is 2.10 bits per heavy atom. The predicted octanol–water partition coefficient (Wildman–Crippen LogP) is -0.168. The van der Waals surface area contributed by atoms with E-state index in [0.717, 1.165) is 0 Å². The standard InChI is InChI=1S/C13H21NO6/c1-5-19-11(15)8-7-14(3)10(13(17)18-4)9(8)12(16)20-6-2/h8-10H,5-7H2,1-4H3/t8-,9+,10+/m1/s1. The molecule has 7 nitrogen and oxygen atoms in total. The molecule has 1 aliphatic rings. The van der Waals surface area contributed by atoms with Crippen LogP contribution in [0.5, 0.6) is 0 Å². The number of nitrogens with zero attached hydrogens (tertiary/aromatic N) is 1. The molecule has 0 spiro atoms. The second kappa shape index (κ2) is 7.23. The molecule has 1 saturated heterocycles. The van der Waals surface area contributed by atoms with Gasteiger partial charge in [0.1, 0.15) is 6.04 Å². The molecule has 0 unspecified atom stereocenters. The summed E-state index contributed by atoms with van der Waals surface area (Å²) in [5.74, 6) is -3.25. The van der Waals surface area contributed by atoms with Crippen molar-refractivity contribution in [3.63, 3.8) is 0 Å². The third-order valence-electron chi connectivity index (χ3n) is 3.32. The highest BCUT2D eigenvalue weighted by atomic mass is 16.5. The van der Waals surface area contributed by atoms with Crippen molar-refractivity contribution >= 4 is 17.9 Å². The first kappa shape index (κ1) is 16.4. The molecule has 0 aromatic rings. The molecule has 0 saturated carbocycles. The Kier molecular flexibility index (Phi) is 5.94. The zero-order chi connectivity index (χ0) is 15.3. The van der Waals surface area contributed by atoms with Gasteiger partial charge >= 0.3 is 17.9 Å². The molecule has 1 aliphatic heterocycles. The van der Waals surface area contributed by atoms with Crippen LogP contribution in [0.1, 0.15) is 13.8 Å². The van der Waals surface area contributed by atoms with E-state index in [1.807, 2.05) is 0 Å². The normalized spacial score (nSPS) is 26.1. The summed E-state index contributed by atoms with van der Waals surface area (Å²) in [7, 11) is 2.91. The lowest BCUT2D eigenvalue weighted by Crippen LogP contribution is -2.43. The van der Waals surface area contributed by atoms with Crippen LogP contribution < -0.4 is 0 Å². The average Bonchev–Trinajstić information content (AvgIpc) is 2.76. The van der Waals surface area contributed by atoms with Crippen molar-refractivity contribution in [2.75, 3.05) is 33.9 Å². The van der Waals surface area contributed by atoms with Gasteiger partial charge in [0.2, 0.25) is 0 Å². The fraction of sp³-hybridized carbons (Fsp3) is 0.769. The monoisotopic (exact) mass is 287 g/mol. The van der Waals surface area contributed by atoms with Crippen LogP contribution in [-0.2, 0) is 28.6 Å². The largest absolute Gasteiger partial charge is 0.468 e. The Balaban J connectivity index is 3.03. The zero-order valence-corrected chi connectivity index (χ0v) is 12.3. The fourth-order valence-electron chi connectivity index (χ4n) is 2.48. The SMILES string of the molecule is CCOC(=O)[C@@H]1[C@@H](C(=O)OC)N(C)C[C@H]1C(=O)OCC. The molecule has 1 heterocycles. The molecular weight excluding hydrogens is 266 g/mol. The quantitative estimate of drug-likeness (QED) is 0.513. The Morgan fingerprint density at radius 1 is 1.05 bits per heavy atom. The number of methoxy groups -OCH3 is 1. The van der Waals surface area contributed by atoms with Crippen molar-refractivity contribution in [2.24, 2.45) is 11.8 Å². The lowest BCUT2D eigenvalue weighted by molar-refractivity contribution is -0.162. The summed E-state index contributed by atoms with van der Waals surface area (Å²) in [4.78, 5) is 37.5. The first-order chi connectivity index (χ1) is 9.47. The van der Waals surface area contributed by atoms with E-state index in [1.54, 1.807) is 25.8 Å². The second-order valence-corrected chi connectivity index (χ2v) is 4.54. The van der Waals surface area contributed by atoms with Gasteiger partial charge in [0, 0.05) is 6.54 Å². The van der Waals surface area contributed by atoms with Crippen LogP contribution in [0, 0.1) is 11.8 Å². The van der Waals surface area contributed by atoms with Crippen molar-refractivity contribution in [1.82, 2.24) is 4.90 Å². The smallest absolute Gasteiger partial charge is 0.324 e. The molecule has 0 bridgehead atoms. The topological polar surface area (TPSA) is 82.1 Å². The number of hydrogen-bond acceptors (Lipinski definition) is 7. The average molecular weight is 287 g/mol. The van der Waals surface area contributed by atoms with E-state index in [-0.39, 0.29) is 19.8 Å².